The second kappa shape index (κ2) is 14.9. The van der Waals surface area contributed by atoms with Gasteiger partial charge in [-0.2, -0.15) is 4.98 Å². The van der Waals surface area contributed by atoms with Crippen LogP contribution in [-0.4, -0.2) is 66.0 Å². The van der Waals surface area contributed by atoms with Gasteiger partial charge in [-0.05, 0) is 67.0 Å². The minimum absolute atomic E-state index is 0.0991. The van der Waals surface area contributed by atoms with Crippen molar-refractivity contribution in [2.45, 2.75) is 69.7 Å². The molecule has 4 aromatic rings. The number of pyridine rings is 2. The number of carbonyl (C=O) groups excluding carboxylic acids is 2. The van der Waals surface area contributed by atoms with E-state index < -0.39 is 0 Å². The molecule has 10 nitrogen and oxygen atoms in total. The second-order valence-electron chi connectivity index (χ2n) is 14.7. The van der Waals surface area contributed by atoms with Crippen LogP contribution < -0.4 is 24.8 Å². The van der Waals surface area contributed by atoms with Crippen molar-refractivity contribution in [2.24, 2.45) is 5.92 Å². The van der Waals surface area contributed by atoms with Gasteiger partial charge in [-0.25, -0.2) is 4.98 Å². The van der Waals surface area contributed by atoms with E-state index in [1.165, 1.54) is 5.56 Å². The highest BCUT2D eigenvalue weighted by Gasteiger charge is 2.47. The first kappa shape index (κ1) is 35.8. The molecule has 0 radical (unpaired) electrons. The number of halogens is 2. The molecule has 2 aliphatic carbocycles. The predicted molar refractivity (Wildman–Crippen MR) is 204 cm³/mol. The van der Waals surface area contributed by atoms with Gasteiger partial charge in [0.15, 0.2) is 0 Å². The molecule has 2 aromatic carbocycles. The molecule has 2 aromatic heterocycles. The third kappa shape index (κ3) is 7.22. The molecule has 2 saturated heterocycles. The van der Waals surface area contributed by atoms with Gasteiger partial charge in [-0.3, -0.25) is 14.5 Å². The van der Waals surface area contributed by atoms with Gasteiger partial charge in [0.05, 0.1) is 30.5 Å². The number of ether oxygens (including phenoxy) is 3. The lowest BCUT2D eigenvalue weighted by Crippen LogP contribution is -2.66. The lowest BCUT2D eigenvalue weighted by Gasteiger charge is -2.48. The number of nitrogens with zero attached hydrogens (tertiary/aromatic N) is 3. The number of nitrogens with one attached hydrogen (secondary N) is 2. The Kier molecular flexibility index (Phi) is 10.1. The standard InChI is InChI=1S/C41H43Cl2N5O5/c1-51-38-25(20-44-19-24-9-11-27(49)17-24)10-13-34(45-38)32-8-4-7-31(37(32)43)28-5-3-6-30-29(28)12-14-35(30)53-40-33(42)18-26(39(46-40)52-2)21-48-22-41(23-48)16-15-36(50)47-41/h3-8,10,13,18,24,35,44H,9,11-12,14-17,19-23H2,1-2H3,(H,47,50)/t24-,35+/m1/s1. The lowest BCUT2D eigenvalue weighted by atomic mass is 9.88. The molecule has 2 atom stereocenters. The number of amides is 1. The summed E-state index contributed by atoms with van der Waals surface area (Å²) in [7, 11) is 3.23. The van der Waals surface area contributed by atoms with Crippen LogP contribution in [0.4, 0.5) is 0 Å². The Morgan fingerprint density at radius 1 is 0.887 bits per heavy atom. The summed E-state index contributed by atoms with van der Waals surface area (Å²) in [4.78, 5) is 35.2. The van der Waals surface area contributed by atoms with E-state index in [1.807, 2.05) is 42.5 Å². The predicted octanol–water partition coefficient (Wildman–Crippen LogP) is 7.12. The average molecular weight is 757 g/mol. The molecule has 4 aliphatic rings. The summed E-state index contributed by atoms with van der Waals surface area (Å²) in [5, 5.41) is 7.65. The fourth-order valence-electron chi connectivity index (χ4n) is 8.51. The lowest BCUT2D eigenvalue weighted by molar-refractivity contribution is -0.121. The average Bonchev–Trinajstić information content (AvgIpc) is 3.87. The van der Waals surface area contributed by atoms with E-state index in [1.54, 1.807) is 14.2 Å². The molecule has 4 heterocycles. The number of methoxy groups -OCH3 is 2. The van der Waals surface area contributed by atoms with Crippen LogP contribution in [-0.2, 0) is 29.1 Å². The smallest absolute Gasteiger partial charge is 0.236 e. The third-order valence-electron chi connectivity index (χ3n) is 11.1. The van der Waals surface area contributed by atoms with Crippen molar-refractivity contribution >= 4 is 34.9 Å². The second-order valence-corrected chi connectivity index (χ2v) is 15.5. The van der Waals surface area contributed by atoms with E-state index in [9.17, 15) is 9.59 Å². The first-order valence-corrected chi connectivity index (χ1v) is 19.1. The van der Waals surface area contributed by atoms with Crippen LogP contribution in [0, 0.1) is 5.92 Å². The highest BCUT2D eigenvalue weighted by Crippen LogP contribution is 2.45. The fraction of sp³-hybridized carbons (Fsp3) is 0.415. The zero-order chi connectivity index (χ0) is 36.7. The van der Waals surface area contributed by atoms with E-state index >= 15 is 0 Å². The number of fused-ring (bicyclic) bond motifs is 1. The molecule has 8 rings (SSSR count). The van der Waals surface area contributed by atoms with Gasteiger partial charge in [-0.1, -0.05) is 65.7 Å². The van der Waals surface area contributed by atoms with Gasteiger partial charge in [0.2, 0.25) is 23.5 Å². The Labute approximate surface area is 319 Å². The van der Waals surface area contributed by atoms with Gasteiger partial charge in [0.1, 0.15) is 16.9 Å². The summed E-state index contributed by atoms with van der Waals surface area (Å²) in [5.74, 6) is 2.24. The van der Waals surface area contributed by atoms with E-state index in [2.05, 4.69) is 27.7 Å². The Balaban J connectivity index is 0.979. The van der Waals surface area contributed by atoms with Crippen LogP contribution in [0.3, 0.4) is 0 Å². The molecule has 0 unspecified atom stereocenters. The van der Waals surface area contributed by atoms with Crippen molar-refractivity contribution in [3.05, 3.63) is 86.9 Å². The van der Waals surface area contributed by atoms with Crippen LogP contribution in [0.2, 0.25) is 10.0 Å². The molecule has 276 valence electrons. The highest BCUT2D eigenvalue weighted by atomic mass is 35.5. The van der Waals surface area contributed by atoms with Gasteiger partial charge in [-0.15, -0.1) is 0 Å². The number of ketones is 1. The molecule has 0 bridgehead atoms. The number of Topliss-reactive ketones (excluding diaryl/α,β-unsaturated/α-hetero) is 1. The molecule has 53 heavy (non-hydrogen) atoms. The van der Waals surface area contributed by atoms with Crippen molar-refractivity contribution in [3.63, 3.8) is 0 Å². The topological polar surface area (TPSA) is 115 Å². The number of rotatable bonds is 12. The van der Waals surface area contributed by atoms with E-state index in [4.69, 9.17) is 47.4 Å². The van der Waals surface area contributed by atoms with E-state index in [-0.39, 0.29) is 17.6 Å². The molecule has 2 N–H and O–H groups in total. The quantitative estimate of drug-likeness (QED) is 0.156. The SMILES string of the molecule is COc1nc(-c2cccc(-c3cccc4c3CC[C@@H]4Oc3nc(OC)c(CN4CC5(CCC(=O)N5)C4)cc3Cl)c2Cl)ccc1CNC[C@@H]1CCC(=O)C1. The summed E-state index contributed by atoms with van der Waals surface area (Å²) in [6.45, 7) is 3.62. The molecule has 1 spiro atoms. The van der Waals surface area contributed by atoms with Crippen LogP contribution in [0.25, 0.3) is 22.4 Å². The van der Waals surface area contributed by atoms with Gasteiger partial charge < -0.3 is 24.8 Å². The van der Waals surface area contributed by atoms with Gasteiger partial charge >= 0.3 is 0 Å². The highest BCUT2D eigenvalue weighted by molar-refractivity contribution is 6.36. The number of carbonyl (C=O) groups is 2. The maximum absolute atomic E-state index is 11.8. The van der Waals surface area contributed by atoms with Crippen LogP contribution >= 0.6 is 23.2 Å². The van der Waals surface area contributed by atoms with Crippen molar-refractivity contribution in [3.8, 4) is 40.0 Å². The van der Waals surface area contributed by atoms with Crippen LogP contribution in [0.1, 0.15) is 66.9 Å². The Morgan fingerprint density at radius 3 is 2.42 bits per heavy atom. The summed E-state index contributed by atoms with van der Waals surface area (Å²) in [6, 6.07) is 18.2. The molecule has 3 fully saturated rings. The number of likely N-dealkylation sites (tertiary alicyclic amines) is 1. The molecule has 1 amide bonds. The van der Waals surface area contributed by atoms with Gasteiger partial charge in [0.25, 0.3) is 0 Å². The third-order valence-corrected chi connectivity index (χ3v) is 11.8. The molecule has 1 saturated carbocycles. The Bertz CT molecular complexity index is 2070. The molecule has 12 heteroatoms. The normalized spacial score (nSPS) is 20.4. The number of aromatic nitrogens is 2. The maximum Gasteiger partial charge on any atom is 0.236 e. The van der Waals surface area contributed by atoms with E-state index in [0.29, 0.717) is 71.7 Å². The number of hydrogen-bond donors (Lipinski definition) is 2. The van der Waals surface area contributed by atoms with Crippen molar-refractivity contribution < 1.29 is 23.8 Å². The molecular weight excluding hydrogens is 713 g/mol. The summed E-state index contributed by atoms with van der Waals surface area (Å²) in [5.41, 5.74) is 7.51. The van der Waals surface area contributed by atoms with Crippen LogP contribution in [0.15, 0.2) is 54.6 Å². The minimum Gasteiger partial charge on any atom is -0.481 e. The first-order valence-electron chi connectivity index (χ1n) is 18.3. The van der Waals surface area contributed by atoms with Crippen molar-refractivity contribution in [1.82, 2.24) is 25.5 Å². The zero-order valence-corrected chi connectivity index (χ0v) is 31.5. The summed E-state index contributed by atoms with van der Waals surface area (Å²) >= 11 is 14.0. The first-order chi connectivity index (χ1) is 25.7. The largest absolute Gasteiger partial charge is 0.481 e. The summed E-state index contributed by atoms with van der Waals surface area (Å²) < 4.78 is 17.9. The van der Waals surface area contributed by atoms with E-state index in [0.717, 1.165) is 84.4 Å². The van der Waals surface area contributed by atoms with Crippen molar-refractivity contribution in [2.75, 3.05) is 33.9 Å². The number of benzene rings is 2. The monoisotopic (exact) mass is 755 g/mol. The maximum atomic E-state index is 11.8. The fourth-order valence-corrected chi connectivity index (χ4v) is 9.05. The zero-order valence-electron chi connectivity index (χ0n) is 30.0. The molecular formula is C41H43Cl2N5O5. The van der Waals surface area contributed by atoms with Gasteiger partial charge in [0, 0.05) is 67.7 Å². The molecule has 2 aliphatic heterocycles. The minimum atomic E-state index is -0.241. The van der Waals surface area contributed by atoms with Crippen molar-refractivity contribution in [1.29, 1.82) is 0 Å². The number of hydrogen-bond acceptors (Lipinski definition) is 9. The Morgan fingerprint density at radius 2 is 1.66 bits per heavy atom. The Hall–Kier alpha value is -4.22. The van der Waals surface area contributed by atoms with Crippen LogP contribution in [0.5, 0.6) is 17.6 Å². The summed E-state index contributed by atoms with van der Waals surface area (Å²) in [6.07, 6.45) is 5.09.